The topological polar surface area (TPSA) is 92.2 Å². The molecule has 0 bridgehead atoms. The average molecular weight is 536 g/mol. The normalized spacial score (nSPS) is 14.9. The quantitative estimate of drug-likeness (QED) is 0.336. The van der Waals surface area contributed by atoms with E-state index in [1.165, 1.54) is 5.69 Å². The largest absolute Gasteiger partial charge is 0.497 e. The summed E-state index contributed by atoms with van der Waals surface area (Å²) in [6, 6.07) is 24.1. The van der Waals surface area contributed by atoms with Crippen LogP contribution in [-0.4, -0.2) is 63.4 Å². The first-order chi connectivity index (χ1) is 19.5. The number of rotatable bonds is 7. The summed E-state index contributed by atoms with van der Waals surface area (Å²) in [5, 5.41) is 13.9. The second kappa shape index (κ2) is 10.9. The maximum Gasteiger partial charge on any atom is 0.253 e. The number of benzene rings is 3. The fourth-order valence-corrected chi connectivity index (χ4v) is 5.54. The second-order valence-corrected chi connectivity index (χ2v) is 10.3. The smallest absolute Gasteiger partial charge is 0.253 e. The summed E-state index contributed by atoms with van der Waals surface area (Å²) in [6.45, 7) is 7.79. The van der Waals surface area contributed by atoms with Gasteiger partial charge in [-0.2, -0.15) is 0 Å². The van der Waals surface area contributed by atoms with Gasteiger partial charge < -0.3 is 14.6 Å². The Balaban J connectivity index is 1.39. The lowest BCUT2D eigenvalue weighted by molar-refractivity contribution is 0.200. The molecule has 6 rings (SSSR count). The summed E-state index contributed by atoms with van der Waals surface area (Å²) in [5.41, 5.74) is 5.88. The van der Waals surface area contributed by atoms with Gasteiger partial charge in [-0.15, -0.1) is 5.10 Å². The van der Waals surface area contributed by atoms with Crippen molar-refractivity contribution in [2.45, 2.75) is 26.4 Å². The van der Waals surface area contributed by atoms with Crippen molar-refractivity contribution in [1.29, 1.82) is 0 Å². The number of aryl methyl sites for hydroxylation is 2. The third-order valence-electron chi connectivity index (χ3n) is 7.97. The summed E-state index contributed by atoms with van der Waals surface area (Å²) in [7, 11) is 1.65. The summed E-state index contributed by atoms with van der Waals surface area (Å²) < 4.78 is 7.12. The van der Waals surface area contributed by atoms with E-state index in [4.69, 9.17) is 4.74 Å². The summed E-state index contributed by atoms with van der Waals surface area (Å²) in [6.07, 6.45) is 0. The number of tetrazole rings is 1. The highest BCUT2D eigenvalue weighted by atomic mass is 16.5. The Labute approximate surface area is 233 Å². The van der Waals surface area contributed by atoms with Gasteiger partial charge in [0.15, 0.2) is 5.82 Å². The Kier molecular flexibility index (Phi) is 7.04. The minimum absolute atomic E-state index is 0.115. The molecule has 1 aliphatic heterocycles. The van der Waals surface area contributed by atoms with Gasteiger partial charge in [0.2, 0.25) is 0 Å². The molecule has 1 N–H and O–H groups in total. The van der Waals surface area contributed by atoms with E-state index in [-0.39, 0.29) is 5.56 Å². The second-order valence-electron chi connectivity index (χ2n) is 10.3. The van der Waals surface area contributed by atoms with Gasteiger partial charge in [-0.3, -0.25) is 9.69 Å². The number of piperazine rings is 1. The Bertz CT molecular complexity index is 1670. The molecule has 3 aromatic carbocycles. The molecule has 0 aliphatic carbocycles. The van der Waals surface area contributed by atoms with Crippen LogP contribution in [0.25, 0.3) is 10.9 Å². The number of anilines is 1. The van der Waals surface area contributed by atoms with Crippen molar-refractivity contribution in [3.05, 3.63) is 111 Å². The number of fused-ring (bicyclic) bond motifs is 1. The van der Waals surface area contributed by atoms with Gasteiger partial charge in [-0.1, -0.05) is 42.5 Å². The number of pyridine rings is 1. The number of nitrogens with zero attached hydrogens (tertiary/aromatic N) is 6. The first-order valence-corrected chi connectivity index (χ1v) is 13.6. The van der Waals surface area contributed by atoms with Crippen LogP contribution in [-0.2, 0) is 6.54 Å². The van der Waals surface area contributed by atoms with Crippen molar-refractivity contribution in [2.24, 2.45) is 0 Å². The number of hydrogen-bond acceptors (Lipinski definition) is 7. The van der Waals surface area contributed by atoms with Gasteiger partial charge in [0.25, 0.3) is 5.56 Å². The molecule has 9 nitrogen and oxygen atoms in total. The van der Waals surface area contributed by atoms with Crippen molar-refractivity contribution < 1.29 is 4.74 Å². The van der Waals surface area contributed by atoms with Crippen molar-refractivity contribution in [2.75, 3.05) is 38.2 Å². The molecule has 204 valence electrons. The summed E-state index contributed by atoms with van der Waals surface area (Å²) >= 11 is 0. The highest BCUT2D eigenvalue weighted by molar-refractivity contribution is 5.83. The van der Waals surface area contributed by atoms with Gasteiger partial charge in [-0.05, 0) is 76.7 Å². The molecule has 3 heterocycles. The lowest BCUT2D eigenvalue weighted by Gasteiger charge is -2.39. The van der Waals surface area contributed by atoms with Crippen LogP contribution in [0.5, 0.6) is 5.75 Å². The maximum atomic E-state index is 13.7. The van der Waals surface area contributed by atoms with Crippen LogP contribution in [0, 0.1) is 13.8 Å². The fraction of sp³-hybridized carbons (Fsp3) is 0.290. The standard InChI is InChI=1S/C31H33N7O2/c1-21-9-12-24-19-27(31(39)32-28(24)22(21)2)29(37-17-15-36(16-18-37)25-7-5-4-6-8-25)30-33-34-35-38(30)20-23-10-13-26(40-3)14-11-23/h4-14,19,29H,15-18,20H2,1-3H3,(H,32,39). The molecule has 0 spiro atoms. The number of nitrogens with one attached hydrogen (secondary N) is 1. The van der Waals surface area contributed by atoms with Gasteiger partial charge >= 0.3 is 0 Å². The zero-order valence-corrected chi connectivity index (χ0v) is 23.0. The minimum atomic E-state index is -0.402. The van der Waals surface area contributed by atoms with Crippen molar-refractivity contribution in [3.8, 4) is 5.75 Å². The number of aromatic amines is 1. The lowest BCUT2D eigenvalue weighted by Crippen LogP contribution is -2.49. The van der Waals surface area contributed by atoms with Gasteiger partial charge in [0, 0.05) is 37.4 Å². The third kappa shape index (κ3) is 4.96. The van der Waals surface area contributed by atoms with Crippen molar-refractivity contribution >= 4 is 16.6 Å². The molecule has 1 saturated heterocycles. The molecule has 1 atom stereocenters. The molecule has 1 aliphatic rings. The molecule has 0 saturated carbocycles. The number of hydrogen-bond donors (Lipinski definition) is 1. The minimum Gasteiger partial charge on any atom is -0.497 e. The zero-order valence-electron chi connectivity index (χ0n) is 23.0. The number of ether oxygens (including phenoxy) is 1. The molecule has 5 aromatic rings. The van der Waals surface area contributed by atoms with Crippen LogP contribution in [0.2, 0.25) is 0 Å². The molecule has 0 radical (unpaired) electrons. The predicted molar refractivity (Wildman–Crippen MR) is 156 cm³/mol. The Morgan fingerprint density at radius 3 is 2.42 bits per heavy atom. The SMILES string of the molecule is COc1ccc(Cn2nnnc2C(c2cc3ccc(C)c(C)c3[nH]c2=O)N2CCN(c3ccccc3)CC2)cc1. The van der Waals surface area contributed by atoms with E-state index in [9.17, 15) is 4.79 Å². The first-order valence-electron chi connectivity index (χ1n) is 13.6. The predicted octanol–water partition coefficient (Wildman–Crippen LogP) is 4.10. The van der Waals surface area contributed by atoms with Gasteiger partial charge in [0.05, 0.1) is 19.2 Å². The molecular formula is C31H33N7O2. The zero-order chi connectivity index (χ0) is 27.6. The third-order valence-corrected chi connectivity index (χ3v) is 7.97. The molecule has 1 fully saturated rings. The fourth-order valence-electron chi connectivity index (χ4n) is 5.54. The van der Waals surface area contributed by atoms with Crippen LogP contribution in [0.4, 0.5) is 5.69 Å². The molecule has 9 heteroatoms. The van der Waals surface area contributed by atoms with Gasteiger partial charge in [-0.25, -0.2) is 4.68 Å². The van der Waals surface area contributed by atoms with E-state index in [1.54, 1.807) is 11.8 Å². The lowest BCUT2D eigenvalue weighted by atomic mass is 9.99. The monoisotopic (exact) mass is 535 g/mol. The van der Waals surface area contributed by atoms with E-state index >= 15 is 0 Å². The first kappa shape index (κ1) is 25.8. The Hall–Kier alpha value is -4.50. The van der Waals surface area contributed by atoms with E-state index in [1.807, 2.05) is 43.3 Å². The highest BCUT2D eigenvalue weighted by Crippen LogP contribution is 2.30. The highest BCUT2D eigenvalue weighted by Gasteiger charge is 2.33. The van der Waals surface area contributed by atoms with E-state index in [0.717, 1.165) is 59.5 Å². The van der Waals surface area contributed by atoms with Gasteiger partial charge in [0.1, 0.15) is 11.8 Å². The number of methoxy groups -OCH3 is 1. The Morgan fingerprint density at radius 1 is 0.950 bits per heavy atom. The Morgan fingerprint density at radius 2 is 1.70 bits per heavy atom. The van der Waals surface area contributed by atoms with Crippen LogP contribution in [0.15, 0.2) is 77.6 Å². The van der Waals surface area contributed by atoms with Crippen LogP contribution in [0.1, 0.15) is 34.1 Å². The van der Waals surface area contributed by atoms with Crippen LogP contribution < -0.4 is 15.2 Å². The maximum absolute atomic E-state index is 13.7. The number of H-pyrrole nitrogens is 1. The number of aromatic nitrogens is 5. The summed E-state index contributed by atoms with van der Waals surface area (Å²) in [4.78, 5) is 21.6. The molecular weight excluding hydrogens is 502 g/mol. The van der Waals surface area contributed by atoms with Crippen LogP contribution >= 0.6 is 0 Å². The number of para-hydroxylation sites is 1. The summed E-state index contributed by atoms with van der Waals surface area (Å²) in [5.74, 6) is 1.45. The van der Waals surface area contributed by atoms with E-state index in [0.29, 0.717) is 17.9 Å². The van der Waals surface area contributed by atoms with Crippen molar-refractivity contribution in [3.63, 3.8) is 0 Å². The average Bonchev–Trinajstić information content (AvgIpc) is 3.44. The van der Waals surface area contributed by atoms with E-state index in [2.05, 4.69) is 73.6 Å². The van der Waals surface area contributed by atoms with Crippen LogP contribution in [0.3, 0.4) is 0 Å². The molecule has 0 amide bonds. The van der Waals surface area contributed by atoms with E-state index < -0.39 is 6.04 Å². The molecule has 2 aromatic heterocycles. The molecule has 1 unspecified atom stereocenters. The molecule has 40 heavy (non-hydrogen) atoms. The van der Waals surface area contributed by atoms with Crippen molar-refractivity contribution in [1.82, 2.24) is 30.1 Å².